The smallest absolute Gasteiger partial charge is 0.224 e. The third-order valence-electron chi connectivity index (χ3n) is 4.06. The number of halogens is 1. The number of nitrogens with one attached hydrogen (secondary N) is 1. The molecule has 2 heterocycles. The normalized spacial score (nSPS) is 18.8. The topological polar surface area (TPSA) is 45.2 Å². The Hall–Kier alpha value is -1.81. The van der Waals surface area contributed by atoms with Crippen molar-refractivity contribution in [1.82, 2.24) is 10.3 Å². The molecule has 1 N–H and O–H groups in total. The van der Waals surface area contributed by atoms with Crippen molar-refractivity contribution in [1.29, 1.82) is 0 Å². The lowest BCUT2D eigenvalue weighted by Gasteiger charge is -2.34. The lowest BCUT2D eigenvalue weighted by atomic mass is 9.96. The summed E-state index contributed by atoms with van der Waals surface area (Å²) in [5.74, 6) is 0.181. The molecule has 1 atom stereocenters. The van der Waals surface area contributed by atoms with Crippen LogP contribution in [-0.2, 0) is 4.79 Å². The molecule has 1 aliphatic heterocycles. The first-order chi connectivity index (χ1) is 10.2. The van der Waals surface area contributed by atoms with Crippen LogP contribution in [0.2, 0.25) is 5.02 Å². The summed E-state index contributed by atoms with van der Waals surface area (Å²) in [7, 11) is 1.70. The van der Waals surface area contributed by atoms with Crippen LogP contribution in [0.25, 0.3) is 10.9 Å². The van der Waals surface area contributed by atoms with Gasteiger partial charge < -0.3 is 10.2 Å². The molecule has 1 fully saturated rings. The molecule has 1 amide bonds. The van der Waals surface area contributed by atoms with Gasteiger partial charge in [0.1, 0.15) is 0 Å². The molecule has 2 aromatic rings. The van der Waals surface area contributed by atoms with Crippen LogP contribution in [0.5, 0.6) is 0 Å². The zero-order valence-electron chi connectivity index (χ0n) is 12.0. The van der Waals surface area contributed by atoms with Gasteiger partial charge in [-0.3, -0.25) is 9.78 Å². The number of hydrogen-bond donors (Lipinski definition) is 1. The molecule has 0 aliphatic carbocycles. The maximum atomic E-state index is 11.9. The number of anilines is 1. The highest BCUT2D eigenvalue weighted by Crippen LogP contribution is 2.30. The van der Waals surface area contributed by atoms with E-state index in [2.05, 4.69) is 15.2 Å². The quantitative estimate of drug-likeness (QED) is 0.928. The molecule has 21 heavy (non-hydrogen) atoms. The Morgan fingerprint density at radius 1 is 1.43 bits per heavy atom. The van der Waals surface area contributed by atoms with Gasteiger partial charge in [0.15, 0.2) is 0 Å². The van der Waals surface area contributed by atoms with E-state index in [1.54, 1.807) is 13.2 Å². The Balaban J connectivity index is 1.94. The summed E-state index contributed by atoms with van der Waals surface area (Å²) in [6.45, 7) is 1.72. The Kier molecular flexibility index (Phi) is 3.97. The Bertz CT molecular complexity index is 674. The molecular formula is C16H18ClN3O. The van der Waals surface area contributed by atoms with Gasteiger partial charge in [-0.15, -0.1) is 0 Å². The number of nitrogens with zero attached hydrogens (tertiary/aromatic N) is 2. The molecule has 4 nitrogen and oxygen atoms in total. The van der Waals surface area contributed by atoms with Gasteiger partial charge in [-0.05, 0) is 37.1 Å². The Morgan fingerprint density at radius 3 is 3.10 bits per heavy atom. The molecular weight excluding hydrogens is 286 g/mol. The molecule has 0 spiro atoms. The van der Waals surface area contributed by atoms with Crippen molar-refractivity contribution >= 4 is 34.1 Å². The summed E-state index contributed by atoms with van der Waals surface area (Å²) in [6.07, 6.45) is 3.78. The maximum Gasteiger partial charge on any atom is 0.224 e. The molecule has 1 aromatic carbocycles. The number of amides is 1. The molecule has 0 radical (unpaired) electrons. The lowest BCUT2D eigenvalue weighted by molar-refractivity contribution is -0.124. The van der Waals surface area contributed by atoms with E-state index in [-0.39, 0.29) is 11.8 Å². The highest BCUT2D eigenvalue weighted by Gasteiger charge is 2.26. The van der Waals surface area contributed by atoms with Crippen LogP contribution >= 0.6 is 11.6 Å². The fourth-order valence-electron chi connectivity index (χ4n) is 3.00. The largest absolute Gasteiger partial charge is 0.370 e. The summed E-state index contributed by atoms with van der Waals surface area (Å²) in [4.78, 5) is 18.5. The molecule has 1 saturated heterocycles. The van der Waals surface area contributed by atoms with Gasteiger partial charge in [-0.1, -0.05) is 11.6 Å². The van der Waals surface area contributed by atoms with E-state index < -0.39 is 0 Å². The number of fused-ring (bicyclic) bond motifs is 1. The number of carbonyl (C=O) groups excluding carboxylic acids is 1. The van der Waals surface area contributed by atoms with Gasteiger partial charge in [0, 0.05) is 42.4 Å². The Morgan fingerprint density at radius 2 is 2.29 bits per heavy atom. The van der Waals surface area contributed by atoms with E-state index in [0.717, 1.165) is 42.5 Å². The Labute approximate surface area is 129 Å². The fraction of sp³-hybridized carbons (Fsp3) is 0.375. The number of benzene rings is 1. The van der Waals surface area contributed by atoms with Crippen molar-refractivity contribution in [2.45, 2.75) is 12.8 Å². The van der Waals surface area contributed by atoms with Crippen LogP contribution in [0.1, 0.15) is 12.8 Å². The molecule has 110 valence electrons. The summed E-state index contributed by atoms with van der Waals surface area (Å²) < 4.78 is 0. The van der Waals surface area contributed by atoms with Crippen LogP contribution in [0.4, 0.5) is 5.69 Å². The minimum absolute atomic E-state index is 0.0549. The number of rotatable bonds is 2. The zero-order chi connectivity index (χ0) is 14.8. The summed E-state index contributed by atoms with van der Waals surface area (Å²) >= 11 is 6.03. The molecule has 1 aliphatic rings. The molecule has 1 unspecified atom stereocenters. The minimum Gasteiger partial charge on any atom is -0.370 e. The van der Waals surface area contributed by atoms with Crippen molar-refractivity contribution in [2.24, 2.45) is 5.92 Å². The summed E-state index contributed by atoms with van der Waals surface area (Å²) in [5.41, 5.74) is 2.02. The number of aromatic nitrogens is 1. The van der Waals surface area contributed by atoms with Crippen LogP contribution in [0.15, 0.2) is 30.5 Å². The molecule has 5 heteroatoms. The monoisotopic (exact) mass is 303 g/mol. The molecule has 0 bridgehead atoms. The minimum atomic E-state index is 0.0549. The van der Waals surface area contributed by atoms with Gasteiger partial charge in [0.2, 0.25) is 5.91 Å². The lowest BCUT2D eigenvalue weighted by Crippen LogP contribution is -2.42. The van der Waals surface area contributed by atoms with E-state index in [9.17, 15) is 4.79 Å². The van der Waals surface area contributed by atoms with E-state index in [4.69, 9.17) is 11.6 Å². The number of hydrogen-bond acceptors (Lipinski definition) is 3. The van der Waals surface area contributed by atoms with Crippen molar-refractivity contribution in [2.75, 3.05) is 25.0 Å². The highest BCUT2D eigenvalue weighted by molar-refractivity contribution is 6.31. The van der Waals surface area contributed by atoms with E-state index >= 15 is 0 Å². The predicted molar refractivity (Wildman–Crippen MR) is 85.8 cm³/mol. The predicted octanol–water partition coefficient (Wildman–Crippen LogP) is 2.85. The first-order valence-corrected chi connectivity index (χ1v) is 7.57. The average Bonchev–Trinajstić information content (AvgIpc) is 2.53. The van der Waals surface area contributed by atoms with Gasteiger partial charge in [-0.2, -0.15) is 0 Å². The average molecular weight is 304 g/mol. The molecule has 1 aromatic heterocycles. The van der Waals surface area contributed by atoms with Gasteiger partial charge in [0.25, 0.3) is 0 Å². The maximum absolute atomic E-state index is 11.9. The van der Waals surface area contributed by atoms with Crippen LogP contribution < -0.4 is 10.2 Å². The molecule has 0 saturated carbocycles. The van der Waals surface area contributed by atoms with E-state index in [1.165, 1.54) is 0 Å². The van der Waals surface area contributed by atoms with E-state index in [0.29, 0.717) is 5.02 Å². The summed E-state index contributed by atoms with van der Waals surface area (Å²) in [6, 6.07) is 7.78. The standard InChI is InChI=1S/C16H18ClN3O/c1-18-16(21)11-3-2-8-20(10-11)15-6-7-19-14-9-12(17)4-5-13(14)15/h4-7,9,11H,2-3,8,10H2,1H3,(H,18,21). The highest BCUT2D eigenvalue weighted by atomic mass is 35.5. The third-order valence-corrected chi connectivity index (χ3v) is 4.30. The van der Waals surface area contributed by atoms with E-state index in [1.807, 2.05) is 24.3 Å². The van der Waals surface area contributed by atoms with Gasteiger partial charge >= 0.3 is 0 Å². The van der Waals surface area contributed by atoms with Crippen LogP contribution in [0.3, 0.4) is 0 Å². The zero-order valence-corrected chi connectivity index (χ0v) is 12.7. The van der Waals surface area contributed by atoms with Crippen molar-refractivity contribution in [3.05, 3.63) is 35.5 Å². The van der Waals surface area contributed by atoms with Crippen LogP contribution in [0, 0.1) is 5.92 Å². The second-order valence-electron chi connectivity index (χ2n) is 5.39. The van der Waals surface area contributed by atoms with Crippen molar-refractivity contribution < 1.29 is 4.79 Å². The van der Waals surface area contributed by atoms with Gasteiger partial charge in [0.05, 0.1) is 11.4 Å². The number of pyridine rings is 1. The number of carbonyl (C=O) groups is 1. The molecule has 3 rings (SSSR count). The van der Waals surface area contributed by atoms with Crippen molar-refractivity contribution in [3.63, 3.8) is 0 Å². The van der Waals surface area contributed by atoms with Crippen LogP contribution in [-0.4, -0.2) is 31.0 Å². The summed E-state index contributed by atoms with van der Waals surface area (Å²) in [5, 5.41) is 4.53. The van der Waals surface area contributed by atoms with Gasteiger partial charge in [-0.25, -0.2) is 0 Å². The first kappa shape index (κ1) is 14.1. The SMILES string of the molecule is CNC(=O)C1CCCN(c2ccnc3cc(Cl)ccc23)C1. The second kappa shape index (κ2) is 5.90. The van der Waals surface area contributed by atoms with Crippen molar-refractivity contribution in [3.8, 4) is 0 Å². The first-order valence-electron chi connectivity index (χ1n) is 7.20. The number of piperidine rings is 1. The second-order valence-corrected chi connectivity index (χ2v) is 5.83. The third kappa shape index (κ3) is 2.81. The fourth-order valence-corrected chi connectivity index (χ4v) is 3.16.